The monoisotopic (exact) mass is 469 g/mol. The molecule has 1 heterocycles. The fourth-order valence-corrected chi connectivity index (χ4v) is 4.90. The van der Waals surface area contributed by atoms with Gasteiger partial charge < -0.3 is 21.5 Å². The number of anilines is 2. The molecule has 2 atom stereocenters. The first-order valence-electron chi connectivity index (χ1n) is 10.0. The number of aryl methyl sites for hydroxylation is 1. The lowest BCUT2D eigenvalue weighted by Crippen LogP contribution is -2.50. The third-order valence-electron chi connectivity index (χ3n) is 5.73. The van der Waals surface area contributed by atoms with Crippen LogP contribution in [0.25, 0.3) is 0 Å². The number of nitrogens with one attached hydrogen (secondary N) is 2. The number of fused-ring (bicyclic) bond motifs is 1. The van der Waals surface area contributed by atoms with Crippen molar-refractivity contribution in [2.45, 2.75) is 24.9 Å². The minimum atomic E-state index is -1.34. The van der Waals surface area contributed by atoms with Crippen LogP contribution in [0.5, 0.6) is 0 Å². The van der Waals surface area contributed by atoms with Crippen molar-refractivity contribution in [3.8, 4) is 0 Å². The Kier molecular flexibility index (Phi) is 5.75. The van der Waals surface area contributed by atoms with Crippen LogP contribution >= 0.6 is 23.2 Å². The molecule has 4 rings (SSSR count). The van der Waals surface area contributed by atoms with Crippen LogP contribution < -0.4 is 16.4 Å². The molecule has 32 heavy (non-hydrogen) atoms. The van der Waals surface area contributed by atoms with Crippen molar-refractivity contribution in [2.75, 3.05) is 10.6 Å². The average molecular weight is 470 g/mol. The molecule has 2 unspecified atom stereocenters. The van der Waals surface area contributed by atoms with Gasteiger partial charge >= 0.3 is 5.97 Å². The Bertz CT molecular complexity index is 1190. The highest BCUT2D eigenvalue weighted by Gasteiger charge is 2.50. The Labute approximate surface area is 195 Å². The Morgan fingerprint density at radius 2 is 1.62 bits per heavy atom. The molecular formula is C24H21Cl2N3O3. The molecule has 0 aromatic heterocycles. The summed E-state index contributed by atoms with van der Waals surface area (Å²) in [6, 6.07) is 17.3. The summed E-state index contributed by atoms with van der Waals surface area (Å²) >= 11 is 13.2. The number of hydrogen-bond donors (Lipinski definition) is 4. The molecule has 3 aromatic rings. The Morgan fingerprint density at radius 1 is 1.00 bits per heavy atom. The van der Waals surface area contributed by atoms with Gasteiger partial charge in [0, 0.05) is 15.6 Å². The van der Waals surface area contributed by atoms with E-state index in [9.17, 15) is 14.7 Å². The highest BCUT2D eigenvalue weighted by Crippen LogP contribution is 2.51. The lowest BCUT2D eigenvalue weighted by atomic mass is 9.80. The Morgan fingerprint density at radius 3 is 2.19 bits per heavy atom. The molecule has 0 fully saturated rings. The Hall–Kier alpha value is -3.22. The van der Waals surface area contributed by atoms with Gasteiger partial charge in [0.25, 0.3) is 0 Å². The van der Waals surface area contributed by atoms with E-state index in [2.05, 4.69) is 10.6 Å². The van der Waals surface area contributed by atoms with E-state index in [0.29, 0.717) is 32.5 Å². The lowest BCUT2D eigenvalue weighted by molar-refractivity contribution is -0.120. The normalized spacial score (nSPS) is 17.7. The second kappa shape index (κ2) is 8.37. The molecule has 0 saturated heterocycles. The van der Waals surface area contributed by atoms with Crippen LogP contribution in [0.1, 0.15) is 39.9 Å². The zero-order chi connectivity index (χ0) is 23.0. The zero-order valence-electron chi connectivity index (χ0n) is 17.2. The second-order valence-corrected chi connectivity index (χ2v) is 8.47. The number of nitrogens with two attached hydrogens (primary N) is 1. The van der Waals surface area contributed by atoms with Crippen LogP contribution in [0, 0.1) is 0 Å². The number of hydrogen-bond acceptors (Lipinski definition) is 4. The molecule has 0 saturated carbocycles. The molecule has 0 aliphatic carbocycles. The van der Waals surface area contributed by atoms with Gasteiger partial charge in [-0.2, -0.15) is 0 Å². The molecule has 1 aliphatic heterocycles. The van der Waals surface area contributed by atoms with Gasteiger partial charge in [-0.25, -0.2) is 4.79 Å². The molecule has 3 aromatic carbocycles. The number of halogens is 2. The fraction of sp³-hybridized carbons (Fsp3) is 0.167. The summed E-state index contributed by atoms with van der Waals surface area (Å²) in [4.78, 5) is 24.4. The number of rotatable bonds is 6. The van der Waals surface area contributed by atoms with Gasteiger partial charge in [-0.1, -0.05) is 60.5 Å². The molecule has 1 aliphatic rings. The maximum absolute atomic E-state index is 12.9. The van der Waals surface area contributed by atoms with E-state index in [1.54, 1.807) is 24.3 Å². The van der Waals surface area contributed by atoms with E-state index in [1.807, 2.05) is 31.2 Å². The van der Waals surface area contributed by atoms with E-state index in [0.717, 1.165) is 12.0 Å². The molecule has 1 amide bonds. The number of carboxylic acid groups (broad SMARTS) is 1. The maximum atomic E-state index is 12.9. The van der Waals surface area contributed by atoms with Crippen molar-refractivity contribution < 1.29 is 14.7 Å². The standard InChI is InChI=1S/C24H21Cl2N3O3/c1-2-13-6-8-14(9-7-13)20(22(27)30)24(21-16(25)4-3-5-17(21)26)28-18-11-10-15(23(31)32)12-19(18)29-24/h3-12,20,28-29H,2H2,1H3,(H2,27,30)(H,31,32). The van der Waals surface area contributed by atoms with Gasteiger partial charge in [-0.15, -0.1) is 0 Å². The quantitative estimate of drug-likeness (QED) is 0.396. The van der Waals surface area contributed by atoms with Crippen molar-refractivity contribution in [1.29, 1.82) is 0 Å². The van der Waals surface area contributed by atoms with Crippen molar-refractivity contribution >= 4 is 46.5 Å². The van der Waals surface area contributed by atoms with Crippen LogP contribution in [0.15, 0.2) is 60.7 Å². The average Bonchev–Trinajstić information content (AvgIpc) is 3.12. The summed E-state index contributed by atoms with van der Waals surface area (Å²) < 4.78 is 0. The van der Waals surface area contributed by atoms with Crippen LogP contribution in [-0.2, 0) is 16.9 Å². The number of carbonyl (C=O) groups excluding carboxylic acids is 1. The maximum Gasteiger partial charge on any atom is 0.335 e. The number of amides is 1. The number of primary amides is 1. The van der Waals surface area contributed by atoms with Crippen molar-refractivity contribution in [2.24, 2.45) is 5.73 Å². The predicted molar refractivity (Wildman–Crippen MR) is 127 cm³/mol. The van der Waals surface area contributed by atoms with Gasteiger partial charge in [-0.05, 0) is 47.9 Å². The van der Waals surface area contributed by atoms with Crippen LogP contribution in [0.3, 0.4) is 0 Å². The molecular weight excluding hydrogens is 449 g/mol. The summed E-state index contributed by atoms with van der Waals surface area (Å²) in [6.45, 7) is 2.04. The van der Waals surface area contributed by atoms with Gasteiger partial charge in [-0.3, -0.25) is 4.79 Å². The summed E-state index contributed by atoms with van der Waals surface area (Å²) in [5, 5.41) is 16.7. The van der Waals surface area contributed by atoms with Crippen LogP contribution in [0.2, 0.25) is 10.0 Å². The summed E-state index contributed by atoms with van der Waals surface area (Å²) in [7, 11) is 0. The number of benzene rings is 3. The Balaban J connectivity index is 1.95. The van der Waals surface area contributed by atoms with E-state index >= 15 is 0 Å². The van der Waals surface area contributed by atoms with Gasteiger partial charge in [0.2, 0.25) is 5.91 Å². The van der Waals surface area contributed by atoms with Crippen molar-refractivity contribution in [3.63, 3.8) is 0 Å². The van der Waals surface area contributed by atoms with E-state index in [1.165, 1.54) is 12.1 Å². The topological polar surface area (TPSA) is 104 Å². The highest BCUT2D eigenvalue weighted by atomic mass is 35.5. The minimum Gasteiger partial charge on any atom is -0.478 e. The summed E-state index contributed by atoms with van der Waals surface area (Å²) in [5.74, 6) is -2.59. The van der Waals surface area contributed by atoms with Crippen molar-refractivity contribution in [1.82, 2.24) is 0 Å². The number of carboxylic acids is 1. The van der Waals surface area contributed by atoms with Gasteiger partial charge in [0.15, 0.2) is 5.66 Å². The molecule has 164 valence electrons. The first-order valence-corrected chi connectivity index (χ1v) is 10.8. The first kappa shape index (κ1) is 22.0. The molecule has 8 heteroatoms. The first-order chi connectivity index (χ1) is 15.3. The SMILES string of the molecule is CCc1ccc(C(C(N)=O)C2(c3c(Cl)cccc3Cl)Nc3ccc(C(=O)O)cc3N2)cc1. The largest absolute Gasteiger partial charge is 0.478 e. The van der Waals surface area contributed by atoms with Crippen LogP contribution in [-0.4, -0.2) is 17.0 Å². The minimum absolute atomic E-state index is 0.0991. The van der Waals surface area contributed by atoms with E-state index in [-0.39, 0.29) is 5.56 Å². The molecule has 6 nitrogen and oxygen atoms in total. The van der Waals surface area contributed by atoms with E-state index in [4.69, 9.17) is 28.9 Å². The fourth-order valence-electron chi connectivity index (χ4n) is 4.21. The lowest BCUT2D eigenvalue weighted by Gasteiger charge is -2.39. The van der Waals surface area contributed by atoms with Crippen molar-refractivity contribution in [3.05, 3.63) is 93.0 Å². The molecule has 0 bridgehead atoms. The van der Waals surface area contributed by atoms with Crippen LogP contribution in [0.4, 0.5) is 11.4 Å². The van der Waals surface area contributed by atoms with E-state index < -0.39 is 23.5 Å². The second-order valence-electron chi connectivity index (χ2n) is 7.65. The van der Waals surface area contributed by atoms with Gasteiger partial charge in [0.1, 0.15) is 5.92 Å². The summed E-state index contributed by atoms with van der Waals surface area (Å²) in [6.07, 6.45) is 0.850. The number of carbonyl (C=O) groups is 2. The third kappa shape index (κ3) is 3.66. The molecule has 5 N–H and O–H groups in total. The predicted octanol–water partition coefficient (Wildman–Crippen LogP) is 5.21. The smallest absolute Gasteiger partial charge is 0.335 e. The third-order valence-corrected chi connectivity index (χ3v) is 6.36. The highest BCUT2D eigenvalue weighted by molar-refractivity contribution is 6.36. The zero-order valence-corrected chi connectivity index (χ0v) is 18.7. The number of aromatic carboxylic acids is 1. The molecule has 0 spiro atoms. The summed E-state index contributed by atoms with van der Waals surface area (Å²) in [5.41, 5.74) is 8.04. The molecule has 0 radical (unpaired) electrons. The van der Waals surface area contributed by atoms with Gasteiger partial charge in [0.05, 0.1) is 16.9 Å².